The minimum absolute atomic E-state index is 0.181. The molecule has 3 aromatic rings. The molecule has 0 radical (unpaired) electrons. The summed E-state index contributed by atoms with van der Waals surface area (Å²) >= 11 is 0. The van der Waals surface area contributed by atoms with Crippen molar-refractivity contribution in [2.75, 3.05) is 0 Å². The van der Waals surface area contributed by atoms with Gasteiger partial charge in [-0.2, -0.15) is 0 Å². The SMILES string of the molecule is NC(Cc1ccc(O)cc1)c1nc(C(=O)NCc2cccnc2)co1. The molecule has 7 nitrogen and oxygen atoms in total. The molecule has 0 bridgehead atoms. The highest BCUT2D eigenvalue weighted by atomic mass is 16.3. The molecule has 1 atom stereocenters. The lowest BCUT2D eigenvalue weighted by molar-refractivity contribution is 0.0946. The van der Waals surface area contributed by atoms with Gasteiger partial charge in [0.1, 0.15) is 12.0 Å². The van der Waals surface area contributed by atoms with Crippen molar-refractivity contribution in [1.29, 1.82) is 0 Å². The smallest absolute Gasteiger partial charge is 0.273 e. The normalized spacial score (nSPS) is 11.9. The predicted molar refractivity (Wildman–Crippen MR) is 90.6 cm³/mol. The summed E-state index contributed by atoms with van der Waals surface area (Å²) in [6.45, 7) is 0.356. The fraction of sp³-hybridized carbons (Fsp3) is 0.167. The third kappa shape index (κ3) is 4.42. The van der Waals surface area contributed by atoms with E-state index in [0.717, 1.165) is 11.1 Å². The Morgan fingerprint density at radius 3 is 2.76 bits per heavy atom. The Hall–Kier alpha value is -3.19. The fourth-order valence-electron chi connectivity index (χ4n) is 2.31. The van der Waals surface area contributed by atoms with E-state index in [2.05, 4.69) is 15.3 Å². The number of aromatic nitrogens is 2. The van der Waals surface area contributed by atoms with Gasteiger partial charge in [-0.25, -0.2) is 4.98 Å². The van der Waals surface area contributed by atoms with Crippen molar-refractivity contribution in [3.8, 4) is 5.75 Å². The molecule has 0 fully saturated rings. The van der Waals surface area contributed by atoms with Crippen molar-refractivity contribution in [1.82, 2.24) is 15.3 Å². The molecule has 25 heavy (non-hydrogen) atoms. The number of phenols is 1. The number of carbonyl (C=O) groups is 1. The zero-order chi connectivity index (χ0) is 17.6. The third-order valence-corrected chi connectivity index (χ3v) is 3.64. The molecule has 0 aliphatic heterocycles. The first-order chi connectivity index (χ1) is 12.1. The quantitative estimate of drug-likeness (QED) is 0.633. The summed E-state index contributed by atoms with van der Waals surface area (Å²) in [6, 6.07) is 9.93. The van der Waals surface area contributed by atoms with Gasteiger partial charge in [-0.15, -0.1) is 0 Å². The number of hydrogen-bond acceptors (Lipinski definition) is 6. The minimum atomic E-state index is -0.482. The maximum atomic E-state index is 12.1. The second-order valence-corrected chi connectivity index (χ2v) is 5.59. The topological polar surface area (TPSA) is 114 Å². The van der Waals surface area contributed by atoms with E-state index >= 15 is 0 Å². The molecule has 0 saturated heterocycles. The first kappa shape index (κ1) is 16.7. The van der Waals surface area contributed by atoms with E-state index < -0.39 is 6.04 Å². The first-order valence-electron chi connectivity index (χ1n) is 7.78. The van der Waals surface area contributed by atoms with Gasteiger partial charge < -0.3 is 20.6 Å². The second kappa shape index (κ2) is 7.59. The summed E-state index contributed by atoms with van der Waals surface area (Å²) in [7, 11) is 0. The van der Waals surface area contributed by atoms with Crippen LogP contribution in [0.3, 0.4) is 0 Å². The monoisotopic (exact) mass is 338 g/mol. The van der Waals surface area contributed by atoms with Gasteiger partial charge in [-0.1, -0.05) is 18.2 Å². The summed E-state index contributed by atoms with van der Waals surface area (Å²) in [6.07, 6.45) is 5.13. The third-order valence-electron chi connectivity index (χ3n) is 3.64. The van der Waals surface area contributed by atoms with E-state index in [0.29, 0.717) is 18.9 Å². The average Bonchev–Trinajstić information content (AvgIpc) is 3.13. The van der Waals surface area contributed by atoms with Crippen molar-refractivity contribution in [2.24, 2.45) is 5.73 Å². The number of benzene rings is 1. The molecular weight excluding hydrogens is 320 g/mol. The van der Waals surface area contributed by atoms with Crippen molar-refractivity contribution >= 4 is 5.91 Å². The van der Waals surface area contributed by atoms with Gasteiger partial charge in [-0.3, -0.25) is 9.78 Å². The Bertz CT molecular complexity index is 831. The Morgan fingerprint density at radius 1 is 1.24 bits per heavy atom. The van der Waals surface area contributed by atoms with Crippen LogP contribution in [-0.2, 0) is 13.0 Å². The molecule has 0 aliphatic carbocycles. The number of hydrogen-bond donors (Lipinski definition) is 3. The summed E-state index contributed by atoms with van der Waals surface area (Å²) in [5, 5.41) is 12.0. The average molecular weight is 338 g/mol. The lowest BCUT2D eigenvalue weighted by atomic mass is 10.1. The molecule has 4 N–H and O–H groups in total. The lowest BCUT2D eigenvalue weighted by Gasteiger charge is -2.07. The van der Waals surface area contributed by atoms with Gasteiger partial charge >= 0.3 is 0 Å². The van der Waals surface area contributed by atoms with Gasteiger partial charge in [0.25, 0.3) is 5.91 Å². The molecule has 0 spiro atoms. The van der Waals surface area contributed by atoms with E-state index in [1.54, 1.807) is 42.7 Å². The Kier molecular flexibility index (Phi) is 5.06. The number of pyridine rings is 1. The summed E-state index contributed by atoms with van der Waals surface area (Å²) in [4.78, 5) is 20.3. The van der Waals surface area contributed by atoms with Gasteiger partial charge in [0.05, 0.1) is 6.04 Å². The van der Waals surface area contributed by atoms with Crippen molar-refractivity contribution in [2.45, 2.75) is 19.0 Å². The Balaban J connectivity index is 1.59. The predicted octanol–water partition coefficient (Wildman–Crippen LogP) is 1.95. The van der Waals surface area contributed by atoms with Crippen molar-refractivity contribution < 1.29 is 14.3 Å². The molecule has 2 aromatic heterocycles. The van der Waals surface area contributed by atoms with Gasteiger partial charge in [-0.05, 0) is 35.7 Å². The highest BCUT2D eigenvalue weighted by Crippen LogP contribution is 2.18. The van der Waals surface area contributed by atoms with Gasteiger partial charge in [0.2, 0.25) is 5.89 Å². The maximum absolute atomic E-state index is 12.1. The van der Waals surface area contributed by atoms with Crippen LogP contribution in [-0.4, -0.2) is 21.0 Å². The number of phenolic OH excluding ortho intramolecular Hbond substituents is 1. The van der Waals surface area contributed by atoms with Crippen LogP contribution in [0.2, 0.25) is 0 Å². The van der Waals surface area contributed by atoms with Crippen molar-refractivity contribution in [3.05, 3.63) is 77.8 Å². The summed E-state index contributed by atoms with van der Waals surface area (Å²) < 4.78 is 5.34. The van der Waals surface area contributed by atoms with E-state index in [4.69, 9.17) is 10.2 Å². The second-order valence-electron chi connectivity index (χ2n) is 5.59. The van der Waals surface area contributed by atoms with E-state index in [1.807, 2.05) is 6.07 Å². The lowest BCUT2D eigenvalue weighted by Crippen LogP contribution is -2.23. The van der Waals surface area contributed by atoms with Gasteiger partial charge in [0.15, 0.2) is 5.69 Å². The van der Waals surface area contributed by atoms with Crippen LogP contribution in [0.15, 0.2) is 59.5 Å². The first-order valence-corrected chi connectivity index (χ1v) is 7.78. The van der Waals surface area contributed by atoms with Crippen LogP contribution in [0.25, 0.3) is 0 Å². The standard InChI is InChI=1S/C18H18N4O3/c19-15(8-12-3-5-14(23)6-4-12)18-22-16(11-25-18)17(24)21-10-13-2-1-7-20-9-13/h1-7,9,11,15,23H,8,10,19H2,(H,21,24). The number of amides is 1. The van der Waals surface area contributed by atoms with Crippen molar-refractivity contribution in [3.63, 3.8) is 0 Å². The van der Waals surface area contributed by atoms with Gasteiger partial charge in [0, 0.05) is 18.9 Å². The molecule has 0 saturated carbocycles. The summed E-state index contributed by atoms with van der Waals surface area (Å²) in [5.74, 6) is 0.149. The number of carbonyl (C=O) groups excluding carboxylic acids is 1. The largest absolute Gasteiger partial charge is 0.508 e. The Labute approximate surface area is 144 Å². The molecule has 1 aromatic carbocycles. The Morgan fingerprint density at radius 2 is 2.04 bits per heavy atom. The van der Waals surface area contributed by atoms with Crippen LogP contribution >= 0.6 is 0 Å². The molecule has 128 valence electrons. The number of nitrogens with one attached hydrogen (secondary N) is 1. The molecule has 2 heterocycles. The number of aromatic hydroxyl groups is 1. The number of nitrogens with two attached hydrogens (primary N) is 1. The summed E-state index contributed by atoms with van der Waals surface area (Å²) in [5.41, 5.74) is 8.09. The van der Waals surface area contributed by atoms with Crippen LogP contribution in [0, 0.1) is 0 Å². The molecule has 1 amide bonds. The molecular formula is C18H18N4O3. The fourth-order valence-corrected chi connectivity index (χ4v) is 2.31. The highest BCUT2D eigenvalue weighted by Gasteiger charge is 2.17. The number of rotatable bonds is 6. The molecule has 3 rings (SSSR count). The maximum Gasteiger partial charge on any atom is 0.273 e. The highest BCUT2D eigenvalue weighted by molar-refractivity contribution is 5.91. The van der Waals surface area contributed by atoms with E-state index in [9.17, 15) is 9.90 Å². The van der Waals surface area contributed by atoms with E-state index in [1.165, 1.54) is 6.26 Å². The van der Waals surface area contributed by atoms with Crippen LogP contribution < -0.4 is 11.1 Å². The van der Waals surface area contributed by atoms with E-state index in [-0.39, 0.29) is 17.4 Å². The zero-order valence-electron chi connectivity index (χ0n) is 13.4. The number of nitrogens with zero attached hydrogens (tertiary/aromatic N) is 2. The van der Waals surface area contributed by atoms with Crippen LogP contribution in [0.1, 0.15) is 33.5 Å². The molecule has 1 unspecified atom stereocenters. The molecule has 0 aliphatic rings. The van der Waals surface area contributed by atoms with Crippen LogP contribution in [0.5, 0.6) is 5.75 Å². The molecule has 7 heteroatoms. The minimum Gasteiger partial charge on any atom is -0.508 e. The number of oxazole rings is 1. The van der Waals surface area contributed by atoms with Crippen LogP contribution in [0.4, 0.5) is 0 Å². The zero-order valence-corrected chi connectivity index (χ0v) is 13.4.